The zero-order chi connectivity index (χ0) is 18.4. The average Bonchev–Trinajstić information content (AvgIpc) is 3.38. The molecule has 0 radical (unpaired) electrons. The second-order valence-electron chi connectivity index (χ2n) is 6.72. The van der Waals surface area contributed by atoms with Crippen LogP contribution in [-0.4, -0.2) is 22.8 Å². The van der Waals surface area contributed by atoms with E-state index in [4.69, 9.17) is 4.99 Å². The third-order valence-corrected chi connectivity index (χ3v) is 4.50. The lowest BCUT2D eigenvalue weighted by Crippen LogP contribution is -1.90. The minimum Gasteiger partial charge on any atom is -0.249 e. The minimum atomic E-state index is 0.864. The van der Waals surface area contributed by atoms with E-state index in [2.05, 4.69) is 21.6 Å². The Morgan fingerprint density at radius 3 is 1.59 bits per heavy atom. The molecule has 0 atom stereocenters. The Hall–Kier alpha value is -3.66. The van der Waals surface area contributed by atoms with Crippen molar-refractivity contribution in [3.8, 4) is 0 Å². The first-order valence-electron chi connectivity index (χ1n) is 8.76. The summed E-state index contributed by atoms with van der Waals surface area (Å²) in [5.74, 6) is 0. The molecular formula is C23H16N4. The van der Waals surface area contributed by atoms with Crippen LogP contribution in [0.2, 0.25) is 0 Å². The normalized spacial score (nSPS) is 21.7. The standard InChI is InChI=1S/C23H16N4/c1-14(2)22-12-21-11-19-6-5-17(25-19)9-15-3-4-16(24-15)10-18-7-8-20(26-18)13-23(22)27-21/h3-13H,1H2,2H3. The van der Waals surface area contributed by atoms with Crippen LogP contribution < -0.4 is 0 Å². The Bertz CT molecular complexity index is 1160. The monoisotopic (exact) mass is 348 g/mol. The van der Waals surface area contributed by atoms with Gasteiger partial charge in [0.05, 0.1) is 45.6 Å². The van der Waals surface area contributed by atoms with Crippen LogP contribution in [0.3, 0.4) is 0 Å². The molecule has 0 fully saturated rings. The summed E-state index contributed by atoms with van der Waals surface area (Å²) in [6.45, 7) is 6.08. The smallest absolute Gasteiger partial charge is 0.0733 e. The molecule has 8 bridgehead atoms. The number of nitrogens with zero attached hydrogens (tertiary/aromatic N) is 4. The molecule has 128 valence electrons. The van der Waals surface area contributed by atoms with Crippen molar-refractivity contribution in [2.24, 2.45) is 20.0 Å². The largest absolute Gasteiger partial charge is 0.249 e. The molecule has 0 aromatic carbocycles. The molecule has 5 aliphatic heterocycles. The van der Waals surface area contributed by atoms with Gasteiger partial charge >= 0.3 is 0 Å². The Kier molecular flexibility index (Phi) is 3.44. The molecule has 5 heterocycles. The Morgan fingerprint density at radius 1 is 0.593 bits per heavy atom. The summed E-state index contributed by atoms with van der Waals surface area (Å²) in [5.41, 5.74) is 9.00. The first kappa shape index (κ1) is 15.6. The van der Waals surface area contributed by atoms with Crippen LogP contribution in [0.15, 0.2) is 127 Å². The van der Waals surface area contributed by atoms with E-state index in [1.165, 1.54) is 0 Å². The summed E-state index contributed by atoms with van der Waals surface area (Å²) in [4.78, 5) is 18.7. The van der Waals surface area contributed by atoms with Crippen LogP contribution in [-0.2, 0) is 0 Å². The van der Waals surface area contributed by atoms with Crippen LogP contribution in [0, 0.1) is 0 Å². The van der Waals surface area contributed by atoms with Gasteiger partial charge in [0.1, 0.15) is 0 Å². The summed E-state index contributed by atoms with van der Waals surface area (Å²) >= 11 is 0. The molecule has 0 spiro atoms. The van der Waals surface area contributed by atoms with Crippen LogP contribution in [0.25, 0.3) is 0 Å². The van der Waals surface area contributed by atoms with Gasteiger partial charge < -0.3 is 0 Å². The van der Waals surface area contributed by atoms with Gasteiger partial charge in [-0.05, 0) is 79.3 Å². The summed E-state index contributed by atoms with van der Waals surface area (Å²) in [6.07, 6.45) is 21.9. The van der Waals surface area contributed by atoms with Crippen molar-refractivity contribution in [2.75, 3.05) is 0 Å². The lowest BCUT2D eigenvalue weighted by Gasteiger charge is -2.01. The number of hydrogen-bond acceptors (Lipinski definition) is 4. The van der Waals surface area contributed by atoms with Crippen molar-refractivity contribution >= 4 is 22.8 Å². The van der Waals surface area contributed by atoms with E-state index in [0.717, 1.165) is 56.8 Å². The maximum Gasteiger partial charge on any atom is 0.0733 e. The Balaban J connectivity index is 1.67. The molecular weight excluding hydrogens is 332 g/mol. The first-order valence-corrected chi connectivity index (χ1v) is 8.76. The van der Waals surface area contributed by atoms with Gasteiger partial charge in [-0.2, -0.15) is 0 Å². The fraction of sp³-hybridized carbons (Fsp3) is 0.0435. The molecule has 27 heavy (non-hydrogen) atoms. The highest BCUT2D eigenvalue weighted by atomic mass is 14.8. The van der Waals surface area contributed by atoms with E-state index in [0.29, 0.717) is 0 Å². The van der Waals surface area contributed by atoms with Crippen molar-refractivity contribution < 1.29 is 0 Å². The van der Waals surface area contributed by atoms with Crippen LogP contribution in [0.5, 0.6) is 0 Å². The van der Waals surface area contributed by atoms with Gasteiger partial charge in [0.15, 0.2) is 0 Å². The molecule has 0 saturated carbocycles. The number of allylic oxidation sites excluding steroid dienone is 12. The van der Waals surface area contributed by atoms with Gasteiger partial charge in [0, 0.05) is 5.57 Å². The van der Waals surface area contributed by atoms with Gasteiger partial charge in [-0.1, -0.05) is 6.58 Å². The molecule has 4 nitrogen and oxygen atoms in total. The summed E-state index contributed by atoms with van der Waals surface area (Å²) in [6, 6.07) is 0. The second-order valence-corrected chi connectivity index (χ2v) is 6.72. The lowest BCUT2D eigenvalue weighted by molar-refractivity contribution is 1.32. The number of rotatable bonds is 1. The first-order chi connectivity index (χ1) is 13.1. The topological polar surface area (TPSA) is 49.4 Å². The van der Waals surface area contributed by atoms with Crippen LogP contribution in [0.4, 0.5) is 0 Å². The molecule has 5 rings (SSSR count). The van der Waals surface area contributed by atoms with Crippen molar-refractivity contribution in [3.05, 3.63) is 107 Å². The number of hydrogen-bond donors (Lipinski definition) is 0. The molecule has 0 aromatic rings. The quantitative estimate of drug-likeness (QED) is 0.669. The third kappa shape index (κ3) is 3.02. The summed E-state index contributed by atoms with van der Waals surface area (Å²) in [7, 11) is 0. The van der Waals surface area contributed by atoms with E-state index in [1.54, 1.807) is 0 Å². The number of fused-ring (bicyclic) bond motifs is 4. The summed E-state index contributed by atoms with van der Waals surface area (Å²) < 4.78 is 0. The van der Waals surface area contributed by atoms with Gasteiger partial charge in [-0.3, -0.25) is 0 Å². The minimum absolute atomic E-state index is 0.864. The van der Waals surface area contributed by atoms with Gasteiger partial charge in [0.25, 0.3) is 0 Å². The highest BCUT2D eigenvalue weighted by Gasteiger charge is 2.17. The highest BCUT2D eigenvalue weighted by molar-refractivity contribution is 6.15. The van der Waals surface area contributed by atoms with Crippen LogP contribution >= 0.6 is 0 Å². The predicted molar refractivity (Wildman–Crippen MR) is 112 cm³/mol. The van der Waals surface area contributed by atoms with E-state index in [9.17, 15) is 0 Å². The van der Waals surface area contributed by atoms with Gasteiger partial charge in [-0.15, -0.1) is 0 Å². The van der Waals surface area contributed by atoms with Crippen molar-refractivity contribution in [1.82, 2.24) is 0 Å². The maximum absolute atomic E-state index is 4.75. The Morgan fingerprint density at radius 2 is 1.07 bits per heavy atom. The molecule has 0 unspecified atom stereocenters. The fourth-order valence-electron chi connectivity index (χ4n) is 3.24. The molecule has 0 amide bonds. The van der Waals surface area contributed by atoms with Crippen molar-refractivity contribution in [3.63, 3.8) is 0 Å². The molecule has 4 heteroatoms. The lowest BCUT2D eigenvalue weighted by atomic mass is 10.1. The highest BCUT2D eigenvalue weighted by Crippen LogP contribution is 2.27. The van der Waals surface area contributed by atoms with Crippen molar-refractivity contribution in [2.45, 2.75) is 6.92 Å². The molecule has 5 aliphatic rings. The zero-order valence-corrected chi connectivity index (χ0v) is 14.8. The molecule has 0 aromatic heterocycles. The van der Waals surface area contributed by atoms with E-state index in [1.807, 2.05) is 73.8 Å². The van der Waals surface area contributed by atoms with Gasteiger partial charge in [-0.25, -0.2) is 20.0 Å². The molecule has 0 aliphatic carbocycles. The van der Waals surface area contributed by atoms with Crippen molar-refractivity contribution in [1.29, 1.82) is 0 Å². The van der Waals surface area contributed by atoms with E-state index < -0.39 is 0 Å². The number of aliphatic imine (C=N–C) groups is 4. The third-order valence-electron chi connectivity index (χ3n) is 4.50. The molecule has 0 N–H and O–H groups in total. The van der Waals surface area contributed by atoms with Crippen LogP contribution in [0.1, 0.15) is 6.92 Å². The van der Waals surface area contributed by atoms with Gasteiger partial charge in [0.2, 0.25) is 0 Å². The average molecular weight is 348 g/mol. The molecule has 0 saturated heterocycles. The van der Waals surface area contributed by atoms with E-state index in [-0.39, 0.29) is 0 Å². The van der Waals surface area contributed by atoms with E-state index >= 15 is 0 Å². The second kappa shape index (κ2) is 5.95. The maximum atomic E-state index is 4.75. The fourth-order valence-corrected chi connectivity index (χ4v) is 3.24. The summed E-state index contributed by atoms with van der Waals surface area (Å²) in [5, 5.41) is 0. The SMILES string of the molecule is C=C(C)C1=CC2=NC1=CC1=NC(=CC3=NC(=CC4=NC(=C2)C=C4)C=C3)C=C1. The predicted octanol–water partition coefficient (Wildman–Crippen LogP) is 4.53. The Labute approximate surface area is 157 Å². The zero-order valence-electron chi connectivity index (χ0n) is 14.8.